The largest absolute Gasteiger partial charge is 0.508 e. The zero-order chi connectivity index (χ0) is 13.3. The van der Waals surface area contributed by atoms with E-state index in [2.05, 4.69) is 5.32 Å². The number of rotatable bonds is 2. The Balaban J connectivity index is 2.06. The van der Waals surface area contributed by atoms with Gasteiger partial charge in [0, 0.05) is 5.69 Å². The molecule has 0 saturated carbocycles. The van der Waals surface area contributed by atoms with Crippen molar-refractivity contribution in [3.63, 3.8) is 0 Å². The lowest BCUT2D eigenvalue weighted by Gasteiger charge is -2.39. The Morgan fingerprint density at radius 2 is 1.61 bits per heavy atom. The van der Waals surface area contributed by atoms with Crippen LogP contribution < -0.4 is 5.32 Å². The van der Waals surface area contributed by atoms with Crippen molar-refractivity contribution in [2.24, 2.45) is 0 Å². The topological polar surface area (TPSA) is 102 Å². The molecule has 0 aliphatic carbocycles. The molecule has 2 rings (SSSR count). The van der Waals surface area contributed by atoms with Gasteiger partial charge < -0.3 is 30.5 Å². The average Bonchev–Trinajstić information content (AvgIpc) is 2.36. The molecule has 0 spiro atoms. The molecule has 1 aromatic carbocycles. The van der Waals surface area contributed by atoms with Crippen LogP contribution in [0.3, 0.4) is 0 Å². The molecular formula is C12H17NO5. The number of hydrogen-bond donors (Lipinski definition) is 5. The number of phenolic OH excluding ortho intramolecular Hbond substituents is 1. The fourth-order valence-corrected chi connectivity index (χ4v) is 1.89. The second-order valence-electron chi connectivity index (χ2n) is 4.42. The van der Waals surface area contributed by atoms with Gasteiger partial charge >= 0.3 is 0 Å². The fraction of sp³-hybridized carbons (Fsp3) is 0.500. The summed E-state index contributed by atoms with van der Waals surface area (Å²) < 4.78 is 5.38. The maximum absolute atomic E-state index is 9.79. The number of nitrogens with one attached hydrogen (secondary N) is 1. The zero-order valence-electron chi connectivity index (χ0n) is 9.89. The van der Waals surface area contributed by atoms with Gasteiger partial charge in [-0.05, 0) is 31.2 Å². The summed E-state index contributed by atoms with van der Waals surface area (Å²) in [6.07, 6.45) is -5.01. The van der Waals surface area contributed by atoms with Crippen LogP contribution in [0.1, 0.15) is 6.92 Å². The molecule has 6 heteroatoms. The van der Waals surface area contributed by atoms with Crippen molar-refractivity contribution in [1.29, 1.82) is 0 Å². The minimum absolute atomic E-state index is 0.134. The third-order valence-electron chi connectivity index (χ3n) is 3.03. The van der Waals surface area contributed by atoms with Crippen LogP contribution in [0.4, 0.5) is 5.69 Å². The van der Waals surface area contributed by atoms with Crippen LogP contribution in [0.5, 0.6) is 5.75 Å². The van der Waals surface area contributed by atoms with Gasteiger partial charge in [0.1, 0.15) is 24.1 Å². The van der Waals surface area contributed by atoms with E-state index in [1.165, 1.54) is 12.1 Å². The van der Waals surface area contributed by atoms with Crippen molar-refractivity contribution in [3.05, 3.63) is 24.3 Å². The molecule has 0 aromatic heterocycles. The second kappa shape index (κ2) is 5.11. The van der Waals surface area contributed by atoms with Crippen molar-refractivity contribution < 1.29 is 25.2 Å². The molecule has 6 nitrogen and oxygen atoms in total. The van der Waals surface area contributed by atoms with E-state index < -0.39 is 30.6 Å². The lowest BCUT2D eigenvalue weighted by atomic mass is 9.99. The molecule has 100 valence electrons. The third kappa shape index (κ3) is 2.56. The molecule has 1 saturated heterocycles. The van der Waals surface area contributed by atoms with E-state index in [4.69, 9.17) is 9.84 Å². The highest BCUT2D eigenvalue weighted by molar-refractivity contribution is 5.46. The van der Waals surface area contributed by atoms with Gasteiger partial charge in [-0.3, -0.25) is 0 Å². The first-order valence-corrected chi connectivity index (χ1v) is 5.74. The van der Waals surface area contributed by atoms with E-state index in [1.807, 2.05) is 0 Å². The number of aliphatic hydroxyl groups is 3. The highest BCUT2D eigenvalue weighted by atomic mass is 16.5. The highest BCUT2D eigenvalue weighted by Gasteiger charge is 2.41. The predicted octanol–water partition coefficient (Wildman–Crippen LogP) is -0.368. The van der Waals surface area contributed by atoms with Crippen molar-refractivity contribution >= 4 is 5.69 Å². The van der Waals surface area contributed by atoms with Crippen LogP contribution >= 0.6 is 0 Å². The van der Waals surface area contributed by atoms with Gasteiger partial charge in [0.25, 0.3) is 0 Å². The van der Waals surface area contributed by atoms with Crippen molar-refractivity contribution in [2.45, 2.75) is 37.6 Å². The summed E-state index contributed by atoms with van der Waals surface area (Å²) in [6, 6.07) is 6.22. The molecule has 1 heterocycles. The monoisotopic (exact) mass is 255 g/mol. The molecule has 5 N–H and O–H groups in total. The zero-order valence-corrected chi connectivity index (χ0v) is 9.89. The molecule has 0 radical (unpaired) electrons. The first-order chi connectivity index (χ1) is 8.49. The van der Waals surface area contributed by atoms with Crippen LogP contribution in [0, 0.1) is 0 Å². The second-order valence-corrected chi connectivity index (χ2v) is 4.42. The Labute approximate surface area is 104 Å². The van der Waals surface area contributed by atoms with Gasteiger partial charge in [0.2, 0.25) is 0 Å². The van der Waals surface area contributed by atoms with Gasteiger partial charge in [-0.15, -0.1) is 0 Å². The van der Waals surface area contributed by atoms with Crippen LogP contribution in [0.2, 0.25) is 0 Å². The van der Waals surface area contributed by atoms with Crippen molar-refractivity contribution in [1.82, 2.24) is 0 Å². The number of aromatic hydroxyl groups is 1. The Morgan fingerprint density at radius 3 is 2.22 bits per heavy atom. The van der Waals surface area contributed by atoms with Crippen LogP contribution in [0.15, 0.2) is 24.3 Å². The molecule has 1 aromatic rings. The lowest BCUT2D eigenvalue weighted by Crippen LogP contribution is -2.58. The molecule has 0 amide bonds. The maximum Gasteiger partial charge on any atom is 0.157 e. The summed E-state index contributed by atoms with van der Waals surface area (Å²) in [5.74, 6) is 0.134. The Hall–Kier alpha value is -1.34. The molecule has 18 heavy (non-hydrogen) atoms. The standard InChI is InChI=1S/C12H17NO5/c1-6-9(15)10(16)11(17)12(18-6)13-7-2-4-8(14)5-3-7/h2-6,9-17H,1H3/t6-,9+,10+,11+,12+/m0/s1. The van der Waals surface area contributed by atoms with Crippen molar-refractivity contribution in [2.75, 3.05) is 5.32 Å². The number of hydrogen-bond acceptors (Lipinski definition) is 6. The predicted molar refractivity (Wildman–Crippen MR) is 64.1 cm³/mol. The Bertz CT molecular complexity index is 396. The minimum Gasteiger partial charge on any atom is -0.508 e. The maximum atomic E-state index is 9.79. The van der Waals surface area contributed by atoms with Gasteiger partial charge in [0.05, 0.1) is 6.10 Å². The minimum atomic E-state index is -1.26. The van der Waals surface area contributed by atoms with Crippen LogP contribution in [-0.4, -0.2) is 51.1 Å². The van der Waals surface area contributed by atoms with E-state index in [-0.39, 0.29) is 5.75 Å². The molecule has 1 fully saturated rings. The molecule has 0 bridgehead atoms. The molecule has 1 aliphatic heterocycles. The lowest BCUT2D eigenvalue weighted by molar-refractivity contribution is -0.209. The summed E-state index contributed by atoms with van der Waals surface area (Å²) in [7, 11) is 0. The Kier molecular flexibility index (Phi) is 3.72. The summed E-state index contributed by atoms with van der Waals surface area (Å²) in [5, 5.41) is 41.0. The summed E-state index contributed by atoms with van der Waals surface area (Å²) in [5.41, 5.74) is 0.632. The first kappa shape index (κ1) is 13.1. The number of ether oxygens (including phenoxy) is 1. The van der Waals surface area contributed by atoms with E-state index in [1.54, 1.807) is 19.1 Å². The summed E-state index contributed by atoms with van der Waals surface area (Å²) in [4.78, 5) is 0. The molecule has 0 unspecified atom stereocenters. The average molecular weight is 255 g/mol. The van der Waals surface area contributed by atoms with Crippen LogP contribution in [-0.2, 0) is 4.74 Å². The van der Waals surface area contributed by atoms with E-state index in [0.29, 0.717) is 5.69 Å². The van der Waals surface area contributed by atoms with Crippen molar-refractivity contribution in [3.8, 4) is 5.75 Å². The highest BCUT2D eigenvalue weighted by Crippen LogP contribution is 2.23. The number of phenols is 1. The summed E-state index contributed by atoms with van der Waals surface area (Å²) in [6.45, 7) is 1.62. The smallest absolute Gasteiger partial charge is 0.157 e. The van der Waals surface area contributed by atoms with E-state index >= 15 is 0 Å². The van der Waals surface area contributed by atoms with E-state index in [9.17, 15) is 15.3 Å². The van der Waals surface area contributed by atoms with Crippen LogP contribution in [0.25, 0.3) is 0 Å². The van der Waals surface area contributed by atoms with Gasteiger partial charge in [-0.25, -0.2) is 0 Å². The van der Waals surface area contributed by atoms with Gasteiger partial charge in [-0.1, -0.05) is 0 Å². The molecule has 5 atom stereocenters. The number of benzene rings is 1. The van der Waals surface area contributed by atoms with Gasteiger partial charge in [-0.2, -0.15) is 0 Å². The van der Waals surface area contributed by atoms with E-state index in [0.717, 1.165) is 0 Å². The van der Waals surface area contributed by atoms with Gasteiger partial charge in [0.15, 0.2) is 6.23 Å². The fourth-order valence-electron chi connectivity index (χ4n) is 1.89. The molecular weight excluding hydrogens is 238 g/mol. The number of aliphatic hydroxyl groups excluding tert-OH is 3. The SMILES string of the molecule is C[C@@H]1O[C@@H](Nc2ccc(O)cc2)[C@H](O)[C@H](O)[C@@H]1O. The normalized spacial score (nSPS) is 36.3. The first-order valence-electron chi connectivity index (χ1n) is 5.74. The summed E-state index contributed by atoms with van der Waals surface area (Å²) >= 11 is 0. The molecule has 1 aliphatic rings. The Morgan fingerprint density at radius 1 is 1.00 bits per heavy atom. The third-order valence-corrected chi connectivity index (χ3v) is 3.03. The quantitative estimate of drug-likeness (QED) is 0.462. The number of anilines is 1.